The van der Waals surface area contributed by atoms with Crippen LogP contribution >= 0.6 is 0 Å². The molecular weight excluding hydrogens is 359 g/mol. The minimum atomic E-state index is -0.824. The number of nitrogens with one attached hydrogen (secondary N) is 1. The van der Waals surface area contributed by atoms with E-state index in [-0.39, 0.29) is 23.6 Å². The van der Waals surface area contributed by atoms with Gasteiger partial charge in [-0.25, -0.2) is 4.39 Å². The monoisotopic (exact) mass is 384 g/mol. The summed E-state index contributed by atoms with van der Waals surface area (Å²) in [4.78, 5) is 13.0. The van der Waals surface area contributed by atoms with E-state index >= 15 is 0 Å². The van der Waals surface area contributed by atoms with Crippen LogP contribution in [0.25, 0.3) is 11.3 Å². The summed E-state index contributed by atoms with van der Waals surface area (Å²) >= 11 is 0. The molecule has 28 heavy (non-hydrogen) atoms. The second-order valence-electron chi connectivity index (χ2n) is 7.99. The van der Waals surface area contributed by atoms with Crippen molar-refractivity contribution in [2.45, 2.75) is 44.8 Å². The SMILES string of the molecule is CC(=O)Nc1ccc(-c2ccc(N(C)[C@H]3C[C@@H]4CC[C@@H](C4)[C@H]3F)nn2)c(O)c1. The second kappa shape index (κ2) is 7.37. The Balaban J connectivity index is 1.52. The molecule has 1 aromatic carbocycles. The van der Waals surface area contributed by atoms with E-state index in [0.717, 1.165) is 25.7 Å². The summed E-state index contributed by atoms with van der Waals surface area (Å²) in [6, 6.07) is 8.29. The Hall–Kier alpha value is -2.70. The lowest BCUT2D eigenvalue weighted by Crippen LogP contribution is -2.46. The summed E-state index contributed by atoms with van der Waals surface area (Å²) in [5.41, 5.74) is 1.55. The van der Waals surface area contributed by atoms with Gasteiger partial charge in [0.05, 0.1) is 11.7 Å². The predicted octanol–water partition coefficient (Wildman–Crippen LogP) is 3.77. The van der Waals surface area contributed by atoms with E-state index in [9.17, 15) is 14.3 Å². The first kappa shape index (κ1) is 18.7. The van der Waals surface area contributed by atoms with Crippen LogP contribution in [0, 0.1) is 11.8 Å². The molecule has 0 unspecified atom stereocenters. The maximum atomic E-state index is 14.8. The number of hydrogen-bond donors (Lipinski definition) is 2. The van der Waals surface area contributed by atoms with Crippen molar-refractivity contribution in [1.29, 1.82) is 0 Å². The molecule has 2 N–H and O–H groups in total. The molecule has 1 heterocycles. The Labute approximate surface area is 163 Å². The van der Waals surface area contributed by atoms with Gasteiger partial charge in [0, 0.05) is 31.3 Å². The largest absolute Gasteiger partial charge is 0.507 e. The van der Waals surface area contributed by atoms with Crippen LogP contribution in [0.4, 0.5) is 15.9 Å². The molecule has 4 rings (SSSR count). The van der Waals surface area contributed by atoms with Crippen LogP contribution in [0.15, 0.2) is 30.3 Å². The number of phenolic OH excluding ortho intramolecular Hbond substituents is 1. The van der Waals surface area contributed by atoms with E-state index in [2.05, 4.69) is 15.5 Å². The first-order valence-corrected chi connectivity index (χ1v) is 9.74. The van der Waals surface area contributed by atoms with E-state index in [1.807, 2.05) is 18.0 Å². The van der Waals surface area contributed by atoms with Crippen LogP contribution in [0.1, 0.15) is 32.6 Å². The van der Waals surface area contributed by atoms with E-state index in [1.165, 1.54) is 13.0 Å². The molecule has 2 saturated carbocycles. The van der Waals surface area contributed by atoms with Crippen molar-refractivity contribution in [3.05, 3.63) is 30.3 Å². The molecule has 2 bridgehead atoms. The number of hydrogen-bond acceptors (Lipinski definition) is 5. The Morgan fingerprint density at radius 2 is 2.04 bits per heavy atom. The zero-order chi connectivity index (χ0) is 19.8. The summed E-state index contributed by atoms with van der Waals surface area (Å²) < 4.78 is 14.8. The molecule has 1 aromatic heterocycles. The van der Waals surface area contributed by atoms with Crippen LogP contribution in [0.3, 0.4) is 0 Å². The van der Waals surface area contributed by atoms with E-state index < -0.39 is 6.17 Å². The molecule has 148 valence electrons. The number of aromatic hydroxyl groups is 1. The quantitative estimate of drug-likeness (QED) is 0.839. The average molecular weight is 384 g/mol. The maximum Gasteiger partial charge on any atom is 0.221 e. The number of benzene rings is 1. The van der Waals surface area contributed by atoms with Crippen LogP contribution in [0.2, 0.25) is 0 Å². The van der Waals surface area contributed by atoms with Gasteiger partial charge in [-0.05, 0) is 61.8 Å². The topological polar surface area (TPSA) is 78.4 Å². The number of carbonyl (C=O) groups excluding carboxylic acids is 1. The van der Waals surface area contributed by atoms with Crippen molar-refractivity contribution in [1.82, 2.24) is 10.2 Å². The van der Waals surface area contributed by atoms with Crippen LogP contribution in [0.5, 0.6) is 5.75 Å². The third-order valence-electron chi connectivity index (χ3n) is 6.08. The molecule has 2 aliphatic carbocycles. The highest BCUT2D eigenvalue weighted by atomic mass is 19.1. The van der Waals surface area contributed by atoms with Crippen molar-refractivity contribution in [2.75, 3.05) is 17.3 Å². The van der Waals surface area contributed by atoms with Gasteiger partial charge in [0.2, 0.25) is 5.91 Å². The van der Waals surface area contributed by atoms with Crippen LogP contribution < -0.4 is 10.2 Å². The van der Waals surface area contributed by atoms with Gasteiger partial charge >= 0.3 is 0 Å². The van der Waals surface area contributed by atoms with Crippen molar-refractivity contribution < 1.29 is 14.3 Å². The summed E-state index contributed by atoms with van der Waals surface area (Å²) in [6.45, 7) is 1.41. The number of anilines is 2. The van der Waals surface area contributed by atoms with Gasteiger partial charge < -0.3 is 15.3 Å². The predicted molar refractivity (Wildman–Crippen MR) is 106 cm³/mol. The summed E-state index contributed by atoms with van der Waals surface area (Å²) in [6.07, 6.45) is 3.19. The zero-order valence-electron chi connectivity index (χ0n) is 16.1. The first-order valence-electron chi connectivity index (χ1n) is 9.74. The lowest BCUT2D eigenvalue weighted by molar-refractivity contribution is -0.114. The third kappa shape index (κ3) is 3.53. The normalized spacial score (nSPS) is 26.1. The van der Waals surface area contributed by atoms with Gasteiger partial charge in [-0.1, -0.05) is 0 Å². The smallest absolute Gasteiger partial charge is 0.221 e. The van der Waals surface area contributed by atoms with Crippen LogP contribution in [-0.4, -0.2) is 40.5 Å². The second-order valence-corrected chi connectivity index (χ2v) is 7.99. The van der Waals surface area contributed by atoms with Crippen molar-refractivity contribution >= 4 is 17.4 Å². The molecule has 2 aliphatic rings. The average Bonchev–Trinajstić information content (AvgIpc) is 3.08. The third-order valence-corrected chi connectivity index (χ3v) is 6.08. The molecule has 2 aromatic rings. The molecule has 0 radical (unpaired) electrons. The standard InChI is InChI=1S/C21H25FN4O2/c1-12(27)23-15-5-6-16(19(28)11-15)17-7-8-20(25-24-17)26(2)18-10-13-3-4-14(9-13)21(18)22/h5-8,11,13-14,18,21,28H,3-4,9-10H2,1-2H3,(H,23,27)/t13-,14+,18+,21-/m1/s1. The number of fused-ring (bicyclic) bond motifs is 2. The molecule has 6 nitrogen and oxygen atoms in total. The van der Waals surface area contributed by atoms with Crippen LogP contribution in [-0.2, 0) is 4.79 Å². The van der Waals surface area contributed by atoms with Gasteiger partial charge in [-0.2, -0.15) is 0 Å². The number of rotatable bonds is 4. The number of nitrogens with zero attached hydrogens (tertiary/aromatic N) is 3. The highest BCUT2D eigenvalue weighted by molar-refractivity contribution is 5.89. The van der Waals surface area contributed by atoms with Gasteiger partial charge in [-0.3, -0.25) is 4.79 Å². The molecule has 0 saturated heterocycles. The number of aromatic nitrogens is 2. The fraction of sp³-hybridized carbons (Fsp3) is 0.476. The molecule has 0 aliphatic heterocycles. The summed E-state index contributed by atoms with van der Waals surface area (Å²) in [5.74, 6) is 1.23. The Kier molecular flexibility index (Phi) is 4.91. The molecule has 1 amide bonds. The Morgan fingerprint density at radius 3 is 2.71 bits per heavy atom. The van der Waals surface area contributed by atoms with Gasteiger partial charge in [0.1, 0.15) is 11.9 Å². The highest BCUT2D eigenvalue weighted by Crippen LogP contribution is 2.45. The van der Waals surface area contributed by atoms with Crippen molar-refractivity contribution in [3.8, 4) is 17.0 Å². The zero-order valence-corrected chi connectivity index (χ0v) is 16.1. The molecule has 7 heteroatoms. The Morgan fingerprint density at radius 1 is 1.21 bits per heavy atom. The van der Waals surface area contributed by atoms with Gasteiger partial charge in [0.15, 0.2) is 5.82 Å². The van der Waals surface area contributed by atoms with E-state index in [4.69, 9.17) is 0 Å². The fourth-order valence-electron chi connectivity index (χ4n) is 4.63. The van der Waals surface area contributed by atoms with E-state index in [1.54, 1.807) is 18.2 Å². The molecular formula is C21H25FN4O2. The number of phenols is 1. The number of carbonyl (C=O) groups is 1. The molecule has 4 atom stereocenters. The minimum Gasteiger partial charge on any atom is -0.507 e. The number of amides is 1. The van der Waals surface area contributed by atoms with E-state index in [0.29, 0.717) is 28.7 Å². The fourth-order valence-corrected chi connectivity index (χ4v) is 4.63. The lowest BCUT2D eigenvalue weighted by atomic mass is 9.83. The number of halogens is 1. The Bertz CT molecular complexity index is 873. The summed E-state index contributed by atoms with van der Waals surface area (Å²) in [5, 5.41) is 21.4. The minimum absolute atomic E-state index is 0.00864. The lowest BCUT2D eigenvalue weighted by Gasteiger charge is -2.38. The maximum absolute atomic E-state index is 14.8. The molecule has 0 spiro atoms. The van der Waals surface area contributed by atoms with Crippen molar-refractivity contribution in [3.63, 3.8) is 0 Å². The summed E-state index contributed by atoms with van der Waals surface area (Å²) in [7, 11) is 1.88. The highest BCUT2D eigenvalue weighted by Gasteiger charge is 2.44. The number of alkyl halides is 1. The van der Waals surface area contributed by atoms with Gasteiger partial charge in [-0.15, -0.1) is 10.2 Å². The first-order chi connectivity index (χ1) is 13.4. The molecule has 2 fully saturated rings. The van der Waals surface area contributed by atoms with Gasteiger partial charge in [0.25, 0.3) is 0 Å². The van der Waals surface area contributed by atoms with Crippen molar-refractivity contribution in [2.24, 2.45) is 11.8 Å².